The molecule has 0 spiro atoms. The van der Waals surface area contributed by atoms with Crippen LogP contribution in [0, 0.1) is 12.7 Å². The molecule has 1 heterocycles. The molecule has 0 aliphatic rings. The molecule has 1 aromatic heterocycles. The molecule has 0 radical (unpaired) electrons. The van der Waals surface area contributed by atoms with Gasteiger partial charge in [-0.2, -0.15) is 5.10 Å². The van der Waals surface area contributed by atoms with E-state index in [2.05, 4.69) is 10.4 Å². The van der Waals surface area contributed by atoms with E-state index in [1.807, 2.05) is 0 Å². The number of amides is 1. The second-order valence-corrected chi connectivity index (χ2v) is 6.51. The van der Waals surface area contributed by atoms with Gasteiger partial charge in [0.05, 0.1) is 27.0 Å². The first-order valence-electron chi connectivity index (χ1n) is 7.13. The molecule has 3 aromatic rings. The fourth-order valence-corrected chi connectivity index (χ4v) is 2.84. The summed E-state index contributed by atoms with van der Waals surface area (Å²) in [6.07, 6.45) is 0. The lowest BCUT2D eigenvalue weighted by Gasteiger charge is -2.10. The van der Waals surface area contributed by atoms with Gasteiger partial charge in [-0.1, -0.05) is 34.8 Å². The van der Waals surface area contributed by atoms with E-state index in [4.69, 9.17) is 34.8 Å². The van der Waals surface area contributed by atoms with Gasteiger partial charge in [0.1, 0.15) is 11.6 Å². The Labute approximate surface area is 158 Å². The average Bonchev–Trinajstić information content (AvgIpc) is 2.92. The molecule has 1 N–H and O–H groups in total. The molecule has 128 valence electrons. The van der Waals surface area contributed by atoms with Crippen LogP contribution in [0.25, 0.3) is 5.69 Å². The van der Waals surface area contributed by atoms with Gasteiger partial charge < -0.3 is 5.32 Å². The van der Waals surface area contributed by atoms with Gasteiger partial charge in [0, 0.05) is 11.1 Å². The van der Waals surface area contributed by atoms with E-state index in [-0.39, 0.29) is 15.6 Å². The number of halogens is 4. The topological polar surface area (TPSA) is 46.9 Å². The monoisotopic (exact) mass is 397 g/mol. The van der Waals surface area contributed by atoms with Crippen molar-refractivity contribution >= 4 is 46.5 Å². The highest BCUT2D eigenvalue weighted by atomic mass is 35.5. The summed E-state index contributed by atoms with van der Waals surface area (Å²) in [4.78, 5) is 12.5. The number of rotatable bonds is 3. The van der Waals surface area contributed by atoms with E-state index in [9.17, 15) is 9.18 Å². The highest BCUT2D eigenvalue weighted by Crippen LogP contribution is 2.26. The number of carbonyl (C=O) groups excluding carboxylic acids is 1. The van der Waals surface area contributed by atoms with E-state index < -0.39 is 11.7 Å². The quantitative estimate of drug-likeness (QED) is 0.589. The number of nitrogens with zero attached hydrogens (tertiary/aromatic N) is 2. The van der Waals surface area contributed by atoms with Crippen LogP contribution >= 0.6 is 34.8 Å². The second-order valence-electron chi connectivity index (χ2n) is 5.26. The van der Waals surface area contributed by atoms with Crippen molar-refractivity contribution in [2.75, 3.05) is 5.32 Å². The number of hydrogen-bond acceptors (Lipinski definition) is 2. The van der Waals surface area contributed by atoms with Crippen molar-refractivity contribution in [2.45, 2.75) is 6.92 Å². The molecular weight excluding hydrogens is 388 g/mol. The van der Waals surface area contributed by atoms with Gasteiger partial charge in [0.25, 0.3) is 5.91 Å². The second kappa shape index (κ2) is 7.04. The van der Waals surface area contributed by atoms with Gasteiger partial charge >= 0.3 is 0 Å². The van der Waals surface area contributed by atoms with Crippen LogP contribution in [0.15, 0.2) is 42.5 Å². The Morgan fingerprint density at radius 1 is 1.08 bits per heavy atom. The Bertz CT molecular complexity index is 955. The Morgan fingerprint density at radius 3 is 2.44 bits per heavy atom. The normalized spacial score (nSPS) is 10.8. The minimum atomic E-state index is -0.724. The average molecular weight is 399 g/mol. The maximum atomic E-state index is 13.6. The molecule has 0 atom stereocenters. The lowest BCUT2D eigenvalue weighted by Crippen LogP contribution is -2.16. The molecule has 0 unspecified atom stereocenters. The molecule has 0 aliphatic carbocycles. The number of benzene rings is 2. The Balaban J connectivity index is 1.95. The molecule has 0 fully saturated rings. The summed E-state index contributed by atoms with van der Waals surface area (Å²) in [6.45, 7) is 1.79. The first-order valence-corrected chi connectivity index (χ1v) is 8.27. The molecule has 25 heavy (non-hydrogen) atoms. The first-order chi connectivity index (χ1) is 11.8. The number of aromatic nitrogens is 2. The molecule has 0 saturated heterocycles. The number of anilines is 1. The zero-order valence-corrected chi connectivity index (χ0v) is 15.1. The number of carbonyl (C=O) groups is 1. The number of nitrogens with one attached hydrogen (secondary N) is 1. The zero-order chi connectivity index (χ0) is 18.1. The fraction of sp³-hybridized carbons (Fsp3) is 0.0588. The van der Waals surface area contributed by atoms with Gasteiger partial charge in [0.2, 0.25) is 0 Å². The van der Waals surface area contributed by atoms with E-state index in [0.717, 1.165) is 6.07 Å². The molecule has 0 bridgehead atoms. The van der Waals surface area contributed by atoms with Crippen LogP contribution in [0.4, 0.5) is 10.2 Å². The van der Waals surface area contributed by atoms with Crippen LogP contribution in [-0.4, -0.2) is 15.7 Å². The minimum absolute atomic E-state index is 0.0231. The molecule has 8 heteroatoms. The Hall–Kier alpha value is -2.08. The van der Waals surface area contributed by atoms with Crippen molar-refractivity contribution in [1.82, 2.24) is 9.78 Å². The predicted octanol–water partition coefficient (Wildman–Crippen LogP) is 5.53. The molecule has 3 rings (SSSR count). The number of hydrogen-bond donors (Lipinski definition) is 1. The smallest absolute Gasteiger partial charge is 0.258 e. The van der Waals surface area contributed by atoms with Crippen molar-refractivity contribution in [3.8, 4) is 5.69 Å². The largest absolute Gasteiger partial charge is 0.306 e. The molecular formula is C17H11Cl3FN3O. The minimum Gasteiger partial charge on any atom is -0.306 e. The van der Waals surface area contributed by atoms with E-state index in [1.165, 1.54) is 6.07 Å². The van der Waals surface area contributed by atoms with Crippen molar-refractivity contribution < 1.29 is 9.18 Å². The third-order valence-corrected chi connectivity index (χ3v) is 4.25. The summed E-state index contributed by atoms with van der Waals surface area (Å²) in [5.41, 5.74) is 1.38. The third kappa shape index (κ3) is 3.79. The predicted molar refractivity (Wildman–Crippen MR) is 97.7 cm³/mol. The lowest BCUT2D eigenvalue weighted by molar-refractivity contribution is 0.102. The van der Waals surface area contributed by atoms with Crippen LogP contribution in [0.2, 0.25) is 15.1 Å². The van der Waals surface area contributed by atoms with E-state index in [1.54, 1.807) is 41.9 Å². The summed E-state index contributed by atoms with van der Waals surface area (Å²) < 4.78 is 15.2. The van der Waals surface area contributed by atoms with Crippen LogP contribution in [0.3, 0.4) is 0 Å². The summed E-state index contributed by atoms with van der Waals surface area (Å²) in [5, 5.41) is 7.51. The maximum Gasteiger partial charge on any atom is 0.258 e. The van der Waals surface area contributed by atoms with Crippen molar-refractivity contribution in [1.29, 1.82) is 0 Å². The van der Waals surface area contributed by atoms with Gasteiger partial charge in [-0.05, 0) is 43.3 Å². The van der Waals surface area contributed by atoms with Gasteiger partial charge in [0.15, 0.2) is 0 Å². The molecule has 2 aromatic carbocycles. The van der Waals surface area contributed by atoms with Gasteiger partial charge in [-0.3, -0.25) is 4.79 Å². The van der Waals surface area contributed by atoms with Crippen molar-refractivity contribution in [2.24, 2.45) is 0 Å². The Kier molecular flexibility index (Phi) is 4.99. The lowest BCUT2D eigenvalue weighted by atomic mass is 10.2. The zero-order valence-electron chi connectivity index (χ0n) is 12.9. The SMILES string of the molecule is Cc1cc(NC(=O)c2cc(F)c(Cl)cc2Cl)n(-c2ccc(Cl)cc2)n1. The third-order valence-electron chi connectivity index (χ3n) is 3.40. The van der Waals surface area contributed by atoms with Crippen LogP contribution in [-0.2, 0) is 0 Å². The standard InChI is InChI=1S/C17H11Cl3FN3O/c1-9-6-16(24(23-9)11-4-2-10(18)3-5-11)22-17(25)12-7-15(21)14(20)8-13(12)19/h2-8H,1H3,(H,22,25). The van der Waals surface area contributed by atoms with E-state index in [0.29, 0.717) is 22.2 Å². The fourth-order valence-electron chi connectivity index (χ4n) is 2.25. The van der Waals surface area contributed by atoms with Crippen LogP contribution < -0.4 is 5.32 Å². The van der Waals surface area contributed by atoms with Crippen molar-refractivity contribution in [3.05, 3.63) is 74.6 Å². The molecule has 4 nitrogen and oxygen atoms in total. The van der Waals surface area contributed by atoms with E-state index >= 15 is 0 Å². The summed E-state index contributed by atoms with van der Waals surface area (Å²) in [6, 6.07) is 10.8. The summed E-state index contributed by atoms with van der Waals surface area (Å²) >= 11 is 17.5. The molecule has 0 aliphatic heterocycles. The summed E-state index contributed by atoms with van der Waals surface area (Å²) in [7, 11) is 0. The van der Waals surface area contributed by atoms with Gasteiger partial charge in [-0.25, -0.2) is 9.07 Å². The van der Waals surface area contributed by atoms with Crippen molar-refractivity contribution in [3.63, 3.8) is 0 Å². The number of aryl methyl sites for hydroxylation is 1. The molecule has 0 saturated carbocycles. The summed E-state index contributed by atoms with van der Waals surface area (Å²) in [5.74, 6) is -0.884. The van der Waals surface area contributed by atoms with Gasteiger partial charge in [-0.15, -0.1) is 0 Å². The van der Waals surface area contributed by atoms with Crippen LogP contribution in [0.5, 0.6) is 0 Å². The maximum absolute atomic E-state index is 13.6. The van der Waals surface area contributed by atoms with Crippen LogP contribution in [0.1, 0.15) is 16.1 Å². The molecule has 1 amide bonds. The highest BCUT2D eigenvalue weighted by Gasteiger charge is 2.17. The first kappa shape index (κ1) is 17.7. The Morgan fingerprint density at radius 2 is 1.76 bits per heavy atom. The highest BCUT2D eigenvalue weighted by molar-refractivity contribution is 6.37.